The van der Waals surface area contributed by atoms with Gasteiger partial charge < -0.3 is 4.74 Å². The van der Waals surface area contributed by atoms with Crippen molar-refractivity contribution in [2.45, 2.75) is 6.61 Å². The van der Waals surface area contributed by atoms with Crippen molar-refractivity contribution in [3.05, 3.63) is 42.1 Å². The summed E-state index contributed by atoms with van der Waals surface area (Å²) in [5.41, 5.74) is 1.12. The van der Waals surface area contributed by atoms with Crippen molar-refractivity contribution in [2.75, 3.05) is 0 Å². The zero-order valence-corrected chi connectivity index (χ0v) is 6.97. The van der Waals surface area contributed by atoms with Gasteiger partial charge in [-0.1, -0.05) is 30.3 Å². The number of aromatic amines is 1. The minimum absolute atomic E-state index is 0.517. The fourth-order valence-corrected chi connectivity index (χ4v) is 0.992. The quantitative estimate of drug-likeness (QED) is 0.766. The van der Waals surface area contributed by atoms with Gasteiger partial charge in [-0.2, -0.15) is 10.3 Å². The maximum atomic E-state index is 5.33. The van der Waals surface area contributed by atoms with Gasteiger partial charge in [0.15, 0.2) is 0 Å². The Bertz CT molecular complexity index is 344. The van der Waals surface area contributed by atoms with E-state index in [9.17, 15) is 0 Å². The fourth-order valence-electron chi connectivity index (χ4n) is 0.992. The highest BCUT2D eigenvalue weighted by molar-refractivity contribution is 5.14. The van der Waals surface area contributed by atoms with Crippen LogP contribution < -0.4 is 4.74 Å². The number of hydrogen-bond donors (Lipinski definition) is 1. The summed E-state index contributed by atoms with van der Waals surface area (Å²) >= 11 is 0. The molecule has 0 unspecified atom stereocenters. The highest BCUT2D eigenvalue weighted by atomic mass is 16.5. The Balaban J connectivity index is 1.94. The van der Waals surface area contributed by atoms with E-state index >= 15 is 0 Å². The van der Waals surface area contributed by atoms with Crippen molar-refractivity contribution in [2.24, 2.45) is 0 Å². The molecule has 0 aliphatic heterocycles. The van der Waals surface area contributed by atoms with Gasteiger partial charge >= 0.3 is 0 Å². The second-order valence-electron chi connectivity index (χ2n) is 2.58. The normalized spacial score (nSPS) is 9.85. The molecule has 0 spiro atoms. The molecule has 4 heteroatoms. The number of nitrogens with one attached hydrogen (secondary N) is 1. The molecule has 0 saturated heterocycles. The number of hydrogen-bond acceptors (Lipinski definition) is 3. The van der Waals surface area contributed by atoms with E-state index < -0.39 is 0 Å². The molecule has 0 atom stereocenters. The maximum absolute atomic E-state index is 5.33. The average molecular weight is 175 g/mol. The first-order valence-corrected chi connectivity index (χ1v) is 3.97. The molecule has 0 saturated carbocycles. The zero-order valence-electron chi connectivity index (χ0n) is 6.97. The molecule has 66 valence electrons. The van der Waals surface area contributed by atoms with Gasteiger partial charge in [-0.3, -0.25) is 0 Å². The molecular formula is C9H9N3O. The van der Waals surface area contributed by atoms with Gasteiger partial charge in [0.1, 0.15) is 12.8 Å². The third-order valence-electron chi connectivity index (χ3n) is 1.62. The zero-order chi connectivity index (χ0) is 8.93. The van der Waals surface area contributed by atoms with Crippen LogP contribution in [0.4, 0.5) is 0 Å². The van der Waals surface area contributed by atoms with Gasteiger partial charge in [0, 0.05) is 0 Å². The van der Waals surface area contributed by atoms with Gasteiger partial charge in [0.2, 0.25) is 0 Å². The van der Waals surface area contributed by atoms with Crippen LogP contribution in [0.2, 0.25) is 0 Å². The van der Waals surface area contributed by atoms with Crippen molar-refractivity contribution in [1.29, 1.82) is 0 Å². The van der Waals surface area contributed by atoms with Crippen LogP contribution in [0.25, 0.3) is 0 Å². The molecule has 0 fully saturated rings. The number of aromatic nitrogens is 3. The summed E-state index contributed by atoms with van der Waals surface area (Å²) in [5, 5.41) is 9.89. The topological polar surface area (TPSA) is 50.8 Å². The molecule has 1 N–H and O–H groups in total. The molecule has 0 radical (unpaired) electrons. The summed E-state index contributed by atoms with van der Waals surface area (Å²) in [5.74, 6) is 0.517. The number of nitrogens with zero attached hydrogens (tertiary/aromatic N) is 2. The van der Waals surface area contributed by atoms with Crippen molar-refractivity contribution < 1.29 is 4.74 Å². The highest BCUT2D eigenvalue weighted by Crippen LogP contribution is 2.05. The molecule has 4 nitrogen and oxygen atoms in total. The first kappa shape index (κ1) is 7.79. The van der Waals surface area contributed by atoms with E-state index in [0.717, 1.165) is 5.56 Å². The Morgan fingerprint density at radius 1 is 1.23 bits per heavy atom. The predicted molar refractivity (Wildman–Crippen MR) is 47.2 cm³/mol. The standard InChI is InChI=1S/C9H9N3O/c1-2-4-8(5-3-1)7-13-9-6-10-12-11-9/h1-6H,7H2,(H,10,11,12). The van der Waals surface area contributed by atoms with Gasteiger partial charge in [0.25, 0.3) is 5.88 Å². The number of rotatable bonds is 3. The molecule has 1 heterocycles. The Morgan fingerprint density at radius 2 is 2.08 bits per heavy atom. The predicted octanol–water partition coefficient (Wildman–Crippen LogP) is 1.38. The van der Waals surface area contributed by atoms with E-state index in [-0.39, 0.29) is 0 Å². The molecular weight excluding hydrogens is 166 g/mol. The van der Waals surface area contributed by atoms with Gasteiger partial charge in [-0.25, -0.2) is 0 Å². The van der Waals surface area contributed by atoms with Crippen LogP contribution in [0.15, 0.2) is 36.5 Å². The fraction of sp³-hybridized carbons (Fsp3) is 0.111. The van der Waals surface area contributed by atoms with E-state index in [4.69, 9.17) is 4.74 Å². The smallest absolute Gasteiger partial charge is 0.253 e. The van der Waals surface area contributed by atoms with Gasteiger partial charge in [0.05, 0.1) is 0 Å². The monoisotopic (exact) mass is 175 g/mol. The third kappa shape index (κ3) is 2.05. The summed E-state index contributed by atoms with van der Waals surface area (Å²) in [7, 11) is 0. The number of benzene rings is 1. The van der Waals surface area contributed by atoms with Crippen LogP contribution in [0, 0.1) is 0 Å². The average Bonchev–Trinajstić information content (AvgIpc) is 2.69. The van der Waals surface area contributed by atoms with E-state index in [1.807, 2.05) is 30.3 Å². The summed E-state index contributed by atoms with van der Waals surface area (Å²) in [6.07, 6.45) is 1.54. The molecule has 13 heavy (non-hydrogen) atoms. The molecule has 2 rings (SSSR count). The Kier molecular flexibility index (Phi) is 2.22. The van der Waals surface area contributed by atoms with Crippen LogP contribution in [-0.2, 0) is 6.61 Å². The van der Waals surface area contributed by atoms with Crippen molar-refractivity contribution in [1.82, 2.24) is 15.4 Å². The molecule has 0 aliphatic carbocycles. The Hall–Kier alpha value is -1.84. The second kappa shape index (κ2) is 3.71. The van der Waals surface area contributed by atoms with Crippen LogP contribution in [0.1, 0.15) is 5.56 Å². The minimum Gasteiger partial charge on any atom is -0.471 e. The molecule has 0 amide bonds. The lowest BCUT2D eigenvalue weighted by Crippen LogP contribution is -1.94. The van der Waals surface area contributed by atoms with Crippen LogP contribution >= 0.6 is 0 Å². The van der Waals surface area contributed by atoms with Crippen LogP contribution in [0.3, 0.4) is 0 Å². The minimum atomic E-state index is 0.517. The molecule has 1 aromatic heterocycles. The SMILES string of the molecule is c1ccc(COc2cn[nH]n2)cc1. The maximum Gasteiger partial charge on any atom is 0.253 e. The lowest BCUT2D eigenvalue weighted by atomic mass is 10.2. The van der Waals surface area contributed by atoms with Crippen molar-refractivity contribution in [3.8, 4) is 5.88 Å². The van der Waals surface area contributed by atoms with Crippen molar-refractivity contribution >= 4 is 0 Å². The molecule has 2 aromatic rings. The lowest BCUT2D eigenvalue weighted by Gasteiger charge is -2.00. The van der Waals surface area contributed by atoms with Crippen molar-refractivity contribution in [3.63, 3.8) is 0 Å². The van der Waals surface area contributed by atoms with Gasteiger partial charge in [-0.05, 0) is 5.56 Å². The summed E-state index contributed by atoms with van der Waals surface area (Å²) in [6, 6.07) is 9.92. The number of ether oxygens (including phenoxy) is 1. The largest absolute Gasteiger partial charge is 0.471 e. The first-order chi connectivity index (χ1) is 6.45. The second-order valence-corrected chi connectivity index (χ2v) is 2.58. The van der Waals surface area contributed by atoms with E-state index in [0.29, 0.717) is 12.5 Å². The number of H-pyrrole nitrogens is 1. The first-order valence-electron chi connectivity index (χ1n) is 3.97. The highest BCUT2D eigenvalue weighted by Gasteiger charge is 1.96. The van der Waals surface area contributed by atoms with E-state index in [1.54, 1.807) is 6.20 Å². The molecule has 0 bridgehead atoms. The summed E-state index contributed by atoms with van der Waals surface area (Å²) in [6.45, 7) is 0.521. The van der Waals surface area contributed by atoms with E-state index in [1.165, 1.54) is 0 Å². The van der Waals surface area contributed by atoms with Crippen LogP contribution in [-0.4, -0.2) is 15.4 Å². The van der Waals surface area contributed by atoms with E-state index in [2.05, 4.69) is 15.4 Å². The Morgan fingerprint density at radius 3 is 2.77 bits per heavy atom. The summed E-state index contributed by atoms with van der Waals surface area (Å²) in [4.78, 5) is 0. The van der Waals surface area contributed by atoms with Crippen LogP contribution in [0.5, 0.6) is 5.88 Å². The summed E-state index contributed by atoms with van der Waals surface area (Å²) < 4.78 is 5.33. The lowest BCUT2D eigenvalue weighted by molar-refractivity contribution is 0.293. The molecule has 0 aliphatic rings. The molecule has 1 aromatic carbocycles. The third-order valence-corrected chi connectivity index (χ3v) is 1.62. The van der Waals surface area contributed by atoms with Gasteiger partial charge in [-0.15, -0.1) is 5.10 Å². The Labute approximate surface area is 75.6 Å².